The molecular formula is C14H15NO2. The largest absolute Gasteiger partial charge is 0.459 e. The number of hydrogen-bond donors (Lipinski definition) is 0. The highest BCUT2D eigenvalue weighted by Crippen LogP contribution is 2.10. The van der Waals surface area contributed by atoms with Crippen LogP contribution in [0, 0.1) is 0 Å². The summed E-state index contributed by atoms with van der Waals surface area (Å²) >= 11 is 0. The predicted octanol–water partition coefficient (Wildman–Crippen LogP) is 2.94. The monoisotopic (exact) mass is 229 g/mol. The molecule has 0 bridgehead atoms. The van der Waals surface area contributed by atoms with E-state index in [4.69, 9.17) is 4.42 Å². The zero-order valence-corrected chi connectivity index (χ0v) is 9.80. The Kier molecular flexibility index (Phi) is 3.60. The first kappa shape index (κ1) is 11.5. The summed E-state index contributed by atoms with van der Waals surface area (Å²) in [5.41, 5.74) is 1.12. The lowest BCUT2D eigenvalue weighted by atomic mass is 10.2. The molecule has 0 unspecified atom stereocenters. The van der Waals surface area contributed by atoms with E-state index in [1.807, 2.05) is 37.3 Å². The molecule has 3 nitrogen and oxygen atoms in total. The summed E-state index contributed by atoms with van der Waals surface area (Å²) in [6, 6.07) is 13.4. The third-order valence-electron chi connectivity index (χ3n) is 2.62. The topological polar surface area (TPSA) is 33.5 Å². The lowest BCUT2D eigenvalue weighted by Gasteiger charge is -2.19. The lowest BCUT2D eigenvalue weighted by molar-refractivity contribution is 0.0720. The third kappa shape index (κ3) is 2.75. The Hall–Kier alpha value is -2.03. The van der Waals surface area contributed by atoms with Crippen LogP contribution in [0.1, 0.15) is 23.0 Å². The first-order chi connectivity index (χ1) is 8.31. The maximum Gasteiger partial charge on any atom is 0.289 e. The molecule has 1 heterocycles. The summed E-state index contributed by atoms with van der Waals surface area (Å²) in [6.07, 6.45) is 1.52. The number of rotatable bonds is 4. The number of carbonyl (C=O) groups is 1. The van der Waals surface area contributed by atoms with E-state index >= 15 is 0 Å². The molecule has 0 aliphatic rings. The minimum absolute atomic E-state index is 0.0682. The van der Waals surface area contributed by atoms with Crippen molar-refractivity contribution in [2.24, 2.45) is 0 Å². The molecule has 1 aromatic carbocycles. The van der Waals surface area contributed by atoms with Gasteiger partial charge < -0.3 is 9.32 Å². The molecule has 0 N–H and O–H groups in total. The van der Waals surface area contributed by atoms with Crippen molar-refractivity contribution in [3.8, 4) is 0 Å². The second kappa shape index (κ2) is 5.34. The van der Waals surface area contributed by atoms with Crippen LogP contribution in [0.2, 0.25) is 0 Å². The van der Waals surface area contributed by atoms with Gasteiger partial charge in [0.1, 0.15) is 0 Å². The third-order valence-corrected chi connectivity index (χ3v) is 2.62. The Labute approximate surface area is 101 Å². The Morgan fingerprint density at radius 3 is 2.53 bits per heavy atom. The molecule has 0 radical (unpaired) electrons. The van der Waals surface area contributed by atoms with E-state index in [0.717, 1.165) is 5.56 Å². The zero-order chi connectivity index (χ0) is 12.1. The van der Waals surface area contributed by atoms with Gasteiger partial charge in [-0.05, 0) is 24.6 Å². The Morgan fingerprint density at radius 2 is 1.94 bits per heavy atom. The summed E-state index contributed by atoms with van der Waals surface area (Å²) in [5, 5.41) is 0. The standard InChI is InChI=1S/C14H15NO2/c1-2-15(11-12-7-4-3-5-8-12)14(16)13-9-6-10-17-13/h3-10H,2,11H2,1H3. The molecule has 0 fully saturated rings. The first-order valence-corrected chi connectivity index (χ1v) is 5.68. The maximum atomic E-state index is 12.1. The minimum Gasteiger partial charge on any atom is -0.459 e. The number of hydrogen-bond acceptors (Lipinski definition) is 2. The molecule has 0 aliphatic heterocycles. The average Bonchev–Trinajstić information content (AvgIpc) is 2.90. The van der Waals surface area contributed by atoms with E-state index in [2.05, 4.69) is 0 Å². The molecule has 0 aliphatic carbocycles. The highest BCUT2D eigenvalue weighted by Gasteiger charge is 2.16. The van der Waals surface area contributed by atoms with Crippen LogP contribution in [0.3, 0.4) is 0 Å². The Bertz CT molecular complexity index is 462. The first-order valence-electron chi connectivity index (χ1n) is 5.68. The van der Waals surface area contributed by atoms with Gasteiger partial charge in [0.15, 0.2) is 5.76 Å². The van der Waals surface area contributed by atoms with Crippen molar-refractivity contribution in [2.45, 2.75) is 13.5 Å². The molecule has 2 aromatic rings. The van der Waals surface area contributed by atoms with Gasteiger partial charge in [-0.2, -0.15) is 0 Å². The van der Waals surface area contributed by atoms with E-state index in [1.54, 1.807) is 17.0 Å². The summed E-state index contributed by atoms with van der Waals surface area (Å²) in [4.78, 5) is 13.8. The highest BCUT2D eigenvalue weighted by molar-refractivity contribution is 5.91. The molecule has 0 spiro atoms. The molecule has 17 heavy (non-hydrogen) atoms. The molecule has 0 atom stereocenters. The van der Waals surface area contributed by atoms with Gasteiger partial charge in [-0.15, -0.1) is 0 Å². The molecule has 0 saturated carbocycles. The molecule has 3 heteroatoms. The maximum absolute atomic E-state index is 12.1. The van der Waals surface area contributed by atoms with E-state index in [1.165, 1.54) is 6.26 Å². The van der Waals surface area contributed by atoms with E-state index < -0.39 is 0 Å². The molecule has 1 amide bonds. The zero-order valence-electron chi connectivity index (χ0n) is 9.80. The number of benzene rings is 1. The van der Waals surface area contributed by atoms with E-state index in [0.29, 0.717) is 18.8 Å². The van der Waals surface area contributed by atoms with Crippen LogP contribution in [0.4, 0.5) is 0 Å². The van der Waals surface area contributed by atoms with Gasteiger partial charge >= 0.3 is 0 Å². The van der Waals surface area contributed by atoms with Crippen molar-refractivity contribution in [1.82, 2.24) is 4.90 Å². The normalized spacial score (nSPS) is 10.2. The van der Waals surface area contributed by atoms with Crippen LogP contribution in [0.5, 0.6) is 0 Å². The summed E-state index contributed by atoms with van der Waals surface area (Å²) in [6.45, 7) is 3.23. The van der Waals surface area contributed by atoms with Crippen molar-refractivity contribution in [2.75, 3.05) is 6.54 Å². The highest BCUT2D eigenvalue weighted by atomic mass is 16.3. The lowest BCUT2D eigenvalue weighted by Crippen LogP contribution is -2.29. The molecule has 0 saturated heterocycles. The second-order valence-corrected chi connectivity index (χ2v) is 3.78. The van der Waals surface area contributed by atoms with E-state index in [-0.39, 0.29) is 5.91 Å². The van der Waals surface area contributed by atoms with Gasteiger partial charge in [0, 0.05) is 13.1 Å². The number of carbonyl (C=O) groups excluding carboxylic acids is 1. The fourth-order valence-corrected chi connectivity index (χ4v) is 1.69. The SMILES string of the molecule is CCN(Cc1ccccc1)C(=O)c1ccco1. The number of furan rings is 1. The van der Waals surface area contributed by atoms with Gasteiger partial charge in [0.25, 0.3) is 5.91 Å². The molecule has 1 aromatic heterocycles. The van der Waals surface area contributed by atoms with Crippen LogP contribution in [-0.4, -0.2) is 17.4 Å². The van der Waals surface area contributed by atoms with Crippen LogP contribution in [-0.2, 0) is 6.54 Å². The predicted molar refractivity (Wildman–Crippen MR) is 65.6 cm³/mol. The van der Waals surface area contributed by atoms with Crippen LogP contribution in [0.15, 0.2) is 53.1 Å². The van der Waals surface area contributed by atoms with Crippen molar-refractivity contribution >= 4 is 5.91 Å². The van der Waals surface area contributed by atoms with Crippen molar-refractivity contribution in [3.05, 3.63) is 60.1 Å². The number of nitrogens with zero attached hydrogens (tertiary/aromatic N) is 1. The molecule has 88 valence electrons. The fraction of sp³-hybridized carbons (Fsp3) is 0.214. The smallest absolute Gasteiger partial charge is 0.289 e. The van der Waals surface area contributed by atoms with Crippen molar-refractivity contribution in [3.63, 3.8) is 0 Å². The van der Waals surface area contributed by atoms with Gasteiger partial charge in [-0.25, -0.2) is 0 Å². The van der Waals surface area contributed by atoms with Crippen molar-refractivity contribution in [1.29, 1.82) is 0 Å². The number of amides is 1. The molecule has 2 rings (SSSR count). The fourth-order valence-electron chi connectivity index (χ4n) is 1.69. The quantitative estimate of drug-likeness (QED) is 0.807. The van der Waals surface area contributed by atoms with Gasteiger partial charge in [-0.1, -0.05) is 30.3 Å². The Balaban J connectivity index is 2.10. The van der Waals surface area contributed by atoms with Crippen LogP contribution >= 0.6 is 0 Å². The minimum atomic E-state index is -0.0682. The molecular weight excluding hydrogens is 214 g/mol. The summed E-state index contributed by atoms with van der Waals surface area (Å²) in [5.74, 6) is 0.323. The average molecular weight is 229 g/mol. The van der Waals surface area contributed by atoms with Crippen LogP contribution < -0.4 is 0 Å². The van der Waals surface area contributed by atoms with E-state index in [9.17, 15) is 4.79 Å². The summed E-state index contributed by atoms with van der Waals surface area (Å²) < 4.78 is 5.12. The van der Waals surface area contributed by atoms with Crippen molar-refractivity contribution < 1.29 is 9.21 Å². The van der Waals surface area contributed by atoms with Crippen LogP contribution in [0.25, 0.3) is 0 Å². The second-order valence-electron chi connectivity index (χ2n) is 3.78. The van der Waals surface area contributed by atoms with Gasteiger partial charge in [0.05, 0.1) is 6.26 Å². The summed E-state index contributed by atoms with van der Waals surface area (Å²) in [7, 11) is 0. The Morgan fingerprint density at radius 1 is 1.18 bits per heavy atom. The van der Waals surface area contributed by atoms with Gasteiger partial charge in [-0.3, -0.25) is 4.79 Å². The van der Waals surface area contributed by atoms with Gasteiger partial charge in [0.2, 0.25) is 0 Å².